The Balaban J connectivity index is 4.30. The van der Waals surface area contributed by atoms with Gasteiger partial charge in [-0.2, -0.15) is 0 Å². The van der Waals surface area contributed by atoms with E-state index < -0.39 is 0 Å². The zero-order valence-corrected chi connectivity index (χ0v) is 11.4. The summed E-state index contributed by atoms with van der Waals surface area (Å²) in [5.41, 5.74) is 5.17. The molecule has 0 unspecified atom stereocenters. The van der Waals surface area contributed by atoms with Gasteiger partial charge < -0.3 is 10.6 Å². The average Bonchev–Trinajstić information content (AvgIpc) is 2.23. The molecule has 0 atom stereocenters. The van der Waals surface area contributed by atoms with Crippen molar-refractivity contribution < 1.29 is 9.59 Å². The van der Waals surface area contributed by atoms with Crippen LogP contribution in [0.3, 0.4) is 0 Å². The molecule has 5 heteroatoms. The van der Waals surface area contributed by atoms with Crippen molar-refractivity contribution in [2.45, 2.75) is 39.7 Å². The minimum atomic E-state index is -0.388. The van der Waals surface area contributed by atoms with Crippen LogP contribution in [0.4, 0.5) is 0 Å². The number of nitrogens with zero attached hydrogens (tertiary/aromatic N) is 2. The lowest BCUT2D eigenvalue weighted by Crippen LogP contribution is -2.44. The van der Waals surface area contributed by atoms with E-state index in [-0.39, 0.29) is 30.9 Å². The number of amides is 2. The van der Waals surface area contributed by atoms with Crippen LogP contribution in [0, 0.1) is 0 Å². The Morgan fingerprint density at radius 3 is 2.24 bits per heavy atom. The van der Waals surface area contributed by atoms with Gasteiger partial charge in [0.2, 0.25) is 11.8 Å². The predicted octanol–water partition coefficient (Wildman–Crippen LogP) is 0.441. The lowest BCUT2D eigenvalue weighted by Gasteiger charge is -2.26. The first kappa shape index (κ1) is 15.9. The number of carbonyl (C=O) groups excluding carboxylic acids is 2. The number of carbonyl (C=O) groups is 2. The van der Waals surface area contributed by atoms with Crippen molar-refractivity contribution in [1.82, 2.24) is 9.80 Å². The number of rotatable bonds is 8. The molecule has 0 aromatic rings. The molecule has 0 aromatic carbocycles. The van der Waals surface area contributed by atoms with E-state index in [0.717, 1.165) is 19.4 Å². The summed E-state index contributed by atoms with van der Waals surface area (Å²) in [5, 5.41) is 0. The molecular formula is C12H25N3O2. The molecule has 0 fully saturated rings. The summed E-state index contributed by atoms with van der Waals surface area (Å²) in [6, 6.07) is 0.170. The monoisotopic (exact) mass is 243 g/mol. The Hall–Kier alpha value is -1.10. The van der Waals surface area contributed by atoms with Gasteiger partial charge in [0.05, 0.1) is 13.1 Å². The van der Waals surface area contributed by atoms with Crippen LogP contribution in [0.25, 0.3) is 0 Å². The lowest BCUT2D eigenvalue weighted by atomic mass is 10.3. The van der Waals surface area contributed by atoms with Gasteiger partial charge in [-0.05, 0) is 26.8 Å². The van der Waals surface area contributed by atoms with E-state index in [1.165, 1.54) is 0 Å². The van der Waals surface area contributed by atoms with E-state index in [1.807, 2.05) is 18.7 Å². The summed E-state index contributed by atoms with van der Waals surface area (Å²) in [7, 11) is 1.77. The first-order valence-electron chi connectivity index (χ1n) is 6.14. The molecule has 5 nitrogen and oxygen atoms in total. The third kappa shape index (κ3) is 6.94. The molecule has 0 aliphatic carbocycles. The highest BCUT2D eigenvalue weighted by Gasteiger charge is 2.17. The van der Waals surface area contributed by atoms with Crippen molar-refractivity contribution in [1.29, 1.82) is 0 Å². The van der Waals surface area contributed by atoms with Gasteiger partial charge in [0.1, 0.15) is 0 Å². The molecule has 0 bridgehead atoms. The molecule has 0 spiro atoms. The van der Waals surface area contributed by atoms with Gasteiger partial charge in [0.15, 0.2) is 0 Å². The van der Waals surface area contributed by atoms with Gasteiger partial charge >= 0.3 is 0 Å². The maximum atomic E-state index is 11.9. The molecule has 0 rings (SSSR count). The maximum absolute atomic E-state index is 11.9. The van der Waals surface area contributed by atoms with Gasteiger partial charge in [-0.3, -0.25) is 14.5 Å². The minimum Gasteiger partial charge on any atom is -0.369 e. The first-order chi connectivity index (χ1) is 7.88. The van der Waals surface area contributed by atoms with E-state index in [0.29, 0.717) is 0 Å². The second kappa shape index (κ2) is 8.06. The van der Waals surface area contributed by atoms with E-state index in [9.17, 15) is 9.59 Å². The van der Waals surface area contributed by atoms with Crippen LogP contribution < -0.4 is 5.73 Å². The standard InChI is InChI=1S/C12H25N3O2/c1-5-6-7-15(8-11(13)16)9-12(17)14(4)10(2)3/h10H,5-9H2,1-4H3,(H2,13,16). The SMILES string of the molecule is CCCCN(CC(N)=O)CC(=O)N(C)C(C)C. The van der Waals surface area contributed by atoms with Crippen molar-refractivity contribution >= 4 is 11.8 Å². The Morgan fingerprint density at radius 2 is 1.82 bits per heavy atom. The molecular weight excluding hydrogens is 218 g/mol. The third-order valence-corrected chi connectivity index (χ3v) is 2.73. The van der Waals surface area contributed by atoms with Crippen molar-refractivity contribution in [3.63, 3.8) is 0 Å². The fraction of sp³-hybridized carbons (Fsp3) is 0.833. The molecule has 0 heterocycles. The summed E-state index contributed by atoms with van der Waals surface area (Å²) in [5.74, 6) is -0.363. The number of unbranched alkanes of at least 4 members (excludes halogenated alkanes) is 1. The molecule has 0 radical (unpaired) electrons. The molecule has 0 aromatic heterocycles. The van der Waals surface area contributed by atoms with Crippen molar-refractivity contribution in [2.75, 3.05) is 26.7 Å². The highest BCUT2D eigenvalue weighted by atomic mass is 16.2. The number of likely N-dealkylation sites (N-methyl/N-ethyl adjacent to an activating group) is 1. The third-order valence-electron chi connectivity index (χ3n) is 2.73. The summed E-state index contributed by atoms with van der Waals surface area (Å²) >= 11 is 0. The van der Waals surface area contributed by atoms with Crippen LogP contribution in [0.2, 0.25) is 0 Å². The van der Waals surface area contributed by atoms with Crippen molar-refractivity contribution in [3.05, 3.63) is 0 Å². The topological polar surface area (TPSA) is 66.6 Å². The predicted molar refractivity (Wildman–Crippen MR) is 68.4 cm³/mol. The van der Waals surface area contributed by atoms with Crippen LogP contribution in [0.1, 0.15) is 33.6 Å². The summed E-state index contributed by atoms with van der Waals surface area (Å²) in [6.07, 6.45) is 2.00. The molecule has 100 valence electrons. The molecule has 2 amide bonds. The second-order valence-corrected chi connectivity index (χ2v) is 4.63. The van der Waals surface area contributed by atoms with E-state index >= 15 is 0 Å². The highest BCUT2D eigenvalue weighted by molar-refractivity contribution is 5.80. The van der Waals surface area contributed by atoms with Gasteiger partial charge in [0.25, 0.3) is 0 Å². The van der Waals surface area contributed by atoms with E-state index in [2.05, 4.69) is 6.92 Å². The van der Waals surface area contributed by atoms with Gasteiger partial charge in [0, 0.05) is 13.1 Å². The molecule has 0 saturated heterocycles. The smallest absolute Gasteiger partial charge is 0.236 e. The Labute approximate surface area is 104 Å². The van der Waals surface area contributed by atoms with Crippen LogP contribution in [-0.4, -0.2) is 54.3 Å². The van der Waals surface area contributed by atoms with Crippen LogP contribution >= 0.6 is 0 Å². The zero-order chi connectivity index (χ0) is 13.4. The summed E-state index contributed by atoms with van der Waals surface area (Å²) in [6.45, 7) is 7.14. The fourth-order valence-corrected chi connectivity index (χ4v) is 1.41. The largest absolute Gasteiger partial charge is 0.369 e. The molecule has 0 aliphatic heterocycles. The molecule has 0 saturated carbocycles. The summed E-state index contributed by atoms with van der Waals surface area (Å²) < 4.78 is 0. The maximum Gasteiger partial charge on any atom is 0.236 e. The zero-order valence-electron chi connectivity index (χ0n) is 11.4. The van der Waals surface area contributed by atoms with Gasteiger partial charge in [-0.1, -0.05) is 13.3 Å². The van der Waals surface area contributed by atoms with Gasteiger partial charge in [-0.25, -0.2) is 0 Å². The van der Waals surface area contributed by atoms with Crippen LogP contribution in [-0.2, 0) is 9.59 Å². The first-order valence-corrected chi connectivity index (χ1v) is 6.14. The Morgan fingerprint density at radius 1 is 1.24 bits per heavy atom. The normalized spacial score (nSPS) is 10.9. The lowest BCUT2D eigenvalue weighted by molar-refractivity contribution is -0.133. The van der Waals surface area contributed by atoms with Crippen molar-refractivity contribution in [3.8, 4) is 0 Å². The Kier molecular flexibility index (Phi) is 7.54. The number of primary amides is 1. The summed E-state index contributed by atoms with van der Waals surface area (Å²) in [4.78, 5) is 26.3. The van der Waals surface area contributed by atoms with Crippen LogP contribution in [0.15, 0.2) is 0 Å². The quantitative estimate of drug-likeness (QED) is 0.672. The van der Waals surface area contributed by atoms with Crippen LogP contribution in [0.5, 0.6) is 0 Å². The van der Waals surface area contributed by atoms with Gasteiger partial charge in [-0.15, -0.1) is 0 Å². The minimum absolute atomic E-state index is 0.0253. The number of hydrogen-bond acceptors (Lipinski definition) is 3. The average molecular weight is 243 g/mol. The van der Waals surface area contributed by atoms with E-state index in [1.54, 1.807) is 11.9 Å². The fourth-order valence-electron chi connectivity index (χ4n) is 1.41. The number of hydrogen-bond donors (Lipinski definition) is 1. The molecule has 2 N–H and O–H groups in total. The molecule has 17 heavy (non-hydrogen) atoms. The van der Waals surface area contributed by atoms with E-state index in [4.69, 9.17) is 5.73 Å². The Bertz CT molecular complexity index is 254. The molecule has 0 aliphatic rings. The number of nitrogens with two attached hydrogens (primary N) is 1. The second-order valence-electron chi connectivity index (χ2n) is 4.63. The highest BCUT2D eigenvalue weighted by Crippen LogP contribution is 1.99. The van der Waals surface area contributed by atoms with Crippen molar-refractivity contribution in [2.24, 2.45) is 5.73 Å².